The lowest BCUT2D eigenvalue weighted by Gasteiger charge is -2.13. The van der Waals surface area contributed by atoms with Gasteiger partial charge >= 0.3 is 5.97 Å². The van der Waals surface area contributed by atoms with Gasteiger partial charge in [-0.2, -0.15) is 10.1 Å². The number of aromatic carboxylic acids is 1. The van der Waals surface area contributed by atoms with E-state index in [1.807, 2.05) is 37.1 Å². The lowest BCUT2D eigenvalue weighted by atomic mass is 10.2. The smallest absolute Gasteiger partial charge is 0.335 e. The van der Waals surface area contributed by atoms with Gasteiger partial charge in [0.15, 0.2) is 0 Å². The van der Waals surface area contributed by atoms with Crippen molar-refractivity contribution in [2.45, 2.75) is 46.1 Å². The van der Waals surface area contributed by atoms with Crippen molar-refractivity contribution in [1.82, 2.24) is 4.57 Å². The number of hydrogen-bond acceptors (Lipinski definition) is 11. The van der Waals surface area contributed by atoms with Crippen molar-refractivity contribution in [3.63, 3.8) is 0 Å². The standard InChI is InChI=1S/C25H22N4O5S2.3C2H6O/c1-5-28-22(31)20(24-27(3)17-12-16(34-4)10-11-18(17)35-24)36-23(28)19-13(2)26-29(21(19)30)15-8-6-14(7-9-15)25(32)33;3*1-2-3/h6-12H,5H2,1-4H3,(H,32,33);3*3H,2H2,1H3/b23-19+,24-20-;;;. The first kappa shape index (κ1) is 37.2. The van der Waals surface area contributed by atoms with Gasteiger partial charge in [-0.3, -0.25) is 14.2 Å². The van der Waals surface area contributed by atoms with Gasteiger partial charge in [0.1, 0.15) is 20.0 Å². The van der Waals surface area contributed by atoms with Gasteiger partial charge in [0.2, 0.25) is 0 Å². The number of hydrazone groups is 1. The molecular weight excluding hydrogens is 620 g/mol. The van der Waals surface area contributed by atoms with Crippen LogP contribution in [0.15, 0.2) is 57.3 Å². The van der Waals surface area contributed by atoms with Crippen LogP contribution in [0.25, 0.3) is 10.6 Å². The monoisotopic (exact) mass is 660 g/mol. The number of carboxylic acids is 1. The maximum atomic E-state index is 13.5. The van der Waals surface area contributed by atoms with Crippen LogP contribution < -0.4 is 29.4 Å². The minimum Gasteiger partial charge on any atom is -0.497 e. The summed E-state index contributed by atoms with van der Waals surface area (Å²) in [7, 11) is 3.52. The zero-order valence-corrected chi connectivity index (χ0v) is 28.0. The highest BCUT2D eigenvalue weighted by Crippen LogP contribution is 2.46. The van der Waals surface area contributed by atoms with E-state index in [1.54, 1.807) is 51.5 Å². The summed E-state index contributed by atoms with van der Waals surface area (Å²) >= 11 is 2.79. The van der Waals surface area contributed by atoms with Crippen LogP contribution in [0.1, 0.15) is 45.0 Å². The number of rotatable bonds is 4. The number of aromatic nitrogens is 1. The van der Waals surface area contributed by atoms with E-state index in [0.29, 0.717) is 32.7 Å². The van der Waals surface area contributed by atoms with Crippen molar-refractivity contribution in [2.75, 3.05) is 43.9 Å². The summed E-state index contributed by atoms with van der Waals surface area (Å²) in [6.45, 7) is 9.78. The molecule has 45 heavy (non-hydrogen) atoms. The van der Waals surface area contributed by atoms with Crippen molar-refractivity contribution < 1.29 is 34.8 Å². The van der Waals surface area contributed by atoms with Crippen LogP contribution in [0.3, 0.4) is 0 Å². The second-order valence-electron chi connectivity index (χ2n) is 9.06. The first-order valence-electron chi connectivity index (χ1n) is 14.1. The summed E-state index contributed by atoms with van der Waals surface area (Å²) < 4.78 is 8.05. The van der Waals surface area contributed by atoms with Crippen molar-refractivity contribution in [3.8, 4) is 5.75 Å². The quantitative estimate of drug-likeness (QED) is 0.327. The third-order valence-electron chi connectivity index (χ3n) is 6.02. The Bertz CT molecular complexity index is 1690. The number of aliphatic hydroxyl groups is 3. The molecule has 0 aliphatic carbocycles. The number of carbonyl (C=O) groups excluding carboxylic acids is 1. The maximum absolute atomic E-state index is 13.5. The zero-order chi connectivity index (χ0) is 33.8. The topological polar surface area (TPSA) is 165 Å². The lowest BCUT2D eigenvalue weighted by Crippen LogP contribution is -2.35. The van der Waals surface area contributed by atoms with Crippen LogP contribution in [0, 0.1) is 0 Å². The second kappa shape index (κ2) is 17.5. The molecule has 0 saturated carbocycles. The van der Waals surface area contributed by atoms with Gasteiger partial charge in [-0.05, 0) is 71.0 Å². The van der Waals surface area contributed by atoms with Crippen LogP contribution >= 0.6 is 23.1 Å². The number of thiazole rings is 1. The van der Waals surface area contributed by atoms with Crippen molar-refractivity contribution >= 4 is 62.7 Å². The number of nitrogens with zero attached hydrogens (tertiary/aromatic N) is 4. The highest BCUT2D eigenvalue weighted by Gasteiger charge is 2.32. The van der Waals surface area contributed by atoms with E-state index in [0.717, 1.165) is 21.4 Å². The van der Waals surface area contributed by atoms with Crippen LogP contribution in [0.5, 0.6) is 5.75 Å². The van der Waals surface area contributed by atoms with Gasteiger partial charge < -0.3 is 30.1 Å². The number of carboxylic acid groups (broad SMARTS) is 1. The number of hydrogen-bond donors (Lipinski definition) is 4. The SMILES string of the molecule is CCO.CCO.CCO.CCn1c(=O)/c(=C2/Sc3ccc(OC)cc3N2C)s/c1=C1/C(=O)N(c2ccc(C(=O)O)cc2)N=C1C. The van der Waals surface area contributed by atoms with E-state index in [9.17, 15) is 14.4 Å². The Morgan fingerprint density at radius 3 is 2.04 bits per heavy atom. The number of thioether (sulfide) groups is 1. The van der Waals surface area contributed by atoms with E-state index >= 15 is 0 Å². The Kier molecular flexibility index (Phi) is 14.5. The molecule has 0 spiro atoms. The molecule has 0 radical (unpaired) electrons. The molecule has 1 aromatic heterocycles. The van der Waals surface area contributed by atoms with Crippen LogP contribution in [-0.2, 0) is 11.3 Å². The van der Waals surface area contributed by atoms with Crippen molar-refractivity contribution in [2.24, 2.45) is 5.10 Å². The molecule has 0 unspecified atom stereocenters. The Balaban J connectivity index is 0.000000703. The first-order valence-corrected chi connectivity index (χ1v) is 15.8. The van der Waals surface area contributed by atoms with Gasteiger partial charge in [-0.25, -0.2) is 4.79 Å². The molecule has 1 amide bonds. The summed E-state index contributed by atoms with van der Waals surface area (Å²) in [6, 6.07) is 11.7. The predicted molar refractivity (Wildman–Crippen MR) is 180 cm³/mol. The van der Waals surface area contributed by atoms with Gasteiger partial charge in [-0.15, -0.1) is 11.3 Å². The van der Waals surface area contributed by atoms with Crippen molar-refractivity contribution in [1.29, 1.82) is 0 Å². The fraction of sp³-hybridized carbons (Fsp3) is 0.355. The minimum absolute atomic E-state index is 0.117. The lowest BCUT2D eigenvalue weighted by molar-refractivity contribution is -0.112. The van der Waals surface area contributed by atoms with E-state index in [1.165, 1.54) is 40.2 Å². The van der Waals surface area contributed by atoms with E-state index in [2.05, 4.69) is 5.10 Å². The number of fused-ring (bicyclic) bond motifs is 1. The van der Waals surface area contributed by atoms with Gasteiger partial charge in [0.05, 0.1) is 35.3 Å². The number of benzene rings is 2. The molecule has 0 saturated heterocycles. The molecule has 0 fully saturated rings. The number of ether oxygens (including phenoxy) is 1. The summed E-state index contributed by atoms with van der Waals surface area (Å²) in [4.78, 5) is 41.1. The van der Waals surface area contributed by atoms with Crippen LogP contribution in [0.2, 0.25) is 0 Å². The number of amides is 1. The van der Waals surface area contributed by atoms with Crippen LogP contribution in [0.4, 0.5) is 11.4 Å². The molecular formula is C31H40N4O8S2. The molecule has 14 heteroatoms. The first-order chi connectivity index (χ1) is 21.5. The number of aliphatic hydroxyl groups excluding tert-OH is 3. The maximum Gasteiger partial charge on any atom is 0.335 e. The second-order valence-corrected chi connectivity index (χ2v) is 11.1. The Morgan fingerprint density at radius 2 is 1.53 bits per heavy atom. The highest BCUT2D eigenvalue weighted by molar-refractivity contribution is 8.08. The molecule has 2 aliphatic rings. The zero-order valence-electron chi connectivity index (χ0n) is 26.4. The van der Waals surface area contributed by atoms with E-state index in [4.69, 9.17) is 25.2 Å². The Morgan fingerprint density at radius 1 is 0.956 bits per heavy atom. The van der Waals surface area contributed by atoms with Crippen LogP contribution in [-0.4, -0.2) is 76.6 Å². The third kappa shape index (κ3) is 8.41. The Labute approximate surface area is 269 Å². The van der Waals surface area contributed by atoms with Gasteiger partial charge in [-0.1, -0.05) is 11.8 Å². The summed E-state index contributed by atoms with van der Waals surface area (Å²) in [5.41, 5.74) is 2.20. The van der Waals surface area contributed by atoms with Crippen molar-refractivity contribution in [3.05, 3.63) is 67.6 Å². The van der Waals surface area contributed by atoms with E-state index in [-0.39, 0.29) is 36.9 Å². The largest absolute Gasteiger partial charge is 0.497 e. The number of carbonyl (C=O) groups is 2. The fourth-order valence-electron chi connectivity index (χ4n) is 4.14. The highest BCUT2D eigenvalue weighted by atomic mass is 32.2. The Hall–Kier alpha value is -3.95. The predicted octanol–water partition coefficient (Wildman–Crippen LogP) is 2.51. The average Bonchev–Trinajstić information content (AvgIpc) is 3.62. The van der Waals surface area contributed by atoms with Gasteiger partial charge in [0, 0.05) is 44.4 Å². The average molecular weight is 661 g/mol. The molecule has 0 bridgehead atoms. The molecule has 5 rings (SSSR count). The summed E-state index contributed by atoms with van der Waals surface area (Å²) in [5, 5.41) is 38.3. The summed E-state index contributed by atoms with van der Waals surface area (Å²) in [5.74, 6) is -0.682. The normalized spacial score (nSPS) is 15.6. The number of anilines is 2. The summed E-state index contributed by atoms with van der Waals surface area (Å²) in [6.07, 6.45) is 0. The molecule has 12 nitrogen and oxygen atoms in total. The third-order valence-corrected chi connectivity index (χ3v) is 8.58. The molecule has 2 aromatic carbocycles. The molecule has 3 aromatic rings. The molecule has 3 heterocycles. The number of methoxy groups -OCH3 is 1. The van der Waals surface area contributed by atoms with E-state index < -0.39 is 5.97 Å². The van der Waals surface area contributed by atoms with Gasteiger partial charge in [0.25, 0.3) is 11.5 Å². The molecule has 4 N–H and O–H groups in total. The fourth-order valence-corrected chi connectivity index (χ4v) is 6.73. The molecule has 244 valence electrons. The molecule has 0 atom stereocenters. The minimum atomic E-state index is -1.05. The molecule has 2 aliphatic heterocycles.